The van der Waals surface area contributed by atoms with Gasteiger partial charge in [-0.2, -0.15) is 0 Å². The summed E-state index contributed by atoms with van der Waals surface area (Å²) in [5, 5.41) is 49.0. The maximum Gasteiger partial charge on any atom is 0.411 e. The Labute approximate surface area is 716 Å². The number of carbonyl (C=O) groups is 16. The summed E-state index contributed by atoms with van der Waals surface area (Å²) in [6, 6.07) is 37.3. The summed E-state index contributed by atoms with van der Waals surface area (Å²) in [6.07, 6.45) is 1.58. The van der Waals surface area contributed by atoms with Crippen LogP contribution in [0.5, 0.6) is 0 Å². The third-order valence-corrected chi connectivity index (χ3v) is 24.5. The number of benzene rings is 6. The zero-order valence-electron chi connectivity index (χ0n) is 66.0. The smallest absolute Gasteiger partial charge is 0.411 e. The standard InChI is InChI=1S/2C29H32N4O7S2.C27H26N4O7/c1-19-10-11-24(27(37)30-19)33-17-22-21(28(33)38)8-5-9-23(22)31-29(39)40-13-15-42-41-14-12-25(34)32(18-26(35)36)16-20-6-3-2-4-7-20;1-18-10-11-24(26(35)30-18)33-17-21-20(27(33)36)8-5-9-22(21)32-29(39)40-13-15-42-41-14-12-25(34)31-23(28(37)38)16-19-6-3-2-4-7-19;1-15-10-11-20(24(34)28-15)31-25(35)17-8-5-9-18(23(17)26(31)36)29-21(32)12-13-22(33)30-19(27(37)38)14-16-6-3-2-4-7-16/h2-9,24H,1,10-18H2,(H,30,37)(H,31,39)(H,35,36);2-9,23-24H,1,10-17H2,(H,30,35)(H,31,34)(H,32,39)(H,37,38);2-9,19-20H,1,10-14H2,(H,28,34)(H,29,32)(H,30,33)(H,37,38)/t;23-,24?;19-,20?/m.00/s1. The number of aliphatic carboxylic acids is 3. The molecule has 13 amide bonds. The molecule has 37 heteroatoms. The highest BCUT2D eigenvalue weighted by Gasteiger charge is 2.46. The normalized spacial score (nSPS) is 16.8. The van der Waals surface area contributed by atoms with Crippen LogP contribution < -0.4 is 42.5 Å². The van der Waals surface area contributed by atoms with Crippen LogP contribution in [0.4, 0.5) is 26.7 Å². The molecule has 6 aliphatic heterocycles. The molecule has 3 fully saturated rings. The number of fused-ring (bicyclic) bond motifs is 3. The highest BCUT2D eigenvalue weighted by molar-refractivity contribution is 8.77. The molecular formula is C85H90N12O21S4. The molecule has 5 atom stereocenters. The summed E-state index contributed by atoms with van der Waals surface area (Å²) in [5.41, 5.74) is 7.38. The minimum atomic E-state index is -1.20. The lowest BCUT2D eigenvalue weighted by Crippen LogP contribution is -2.51. The predicted octanol–water partition coefficient (Wildman–Crippen LogP) is 9.04. The van der Waals surface area contributed by atoms with E-state index in [2.05, 4.69) is 62.3 Å². The van der Waals surface area contributed by atoms with Gasteiger partial charge in [-0.15, -0.1) is 0 Å². The minimum absolute atomic E-state index is 0.0266. The van der Waals surface area contributed by atoms with Gasteiger partial charge in [-0.3, -0.25) is 73.1 Å². The maximum absolute atomic E-state index is 13.2. The predicted molar refractivity (Wildman–Crippen MR) is 456 cm³/mol. The summed E-state index contributed by atoms with van der Waals surface area (Å²) in [7, 11) is 5.73. The van der Waals surface area contributed by atoms with Crippen LogP contribution in [0.25, 0.3) is 0 Å². The number of hydrogen-bond acceptors (Lipinski definition) is 22. The van der Waals surface area contributed by atoms with E-state index in [1.165, 1.54) is 76.1 Å². The number of carboxylic acids is 3. The lowest BCUT2D eigenvalue weighted by Gasteiger charge is -2.31. The lowest BCUT2D eigenvalue weighted by atomic mass is 10.0. The summed E-state index contributed by atoms with van der Waals surface area (Å²) in [4.78, 5) is 204. The number of ether oxygens (including phenoxy) is 2. The number of rotatable bonds is 35. The number of hydrogen-bond donors (Lipinski definition) is 11. The second kappa shape index (κ2) is 44.5. The molecule has 3 saturated heterocycles. The van der Waals surface area contributed by atoms with Crippen molar-refractivity contribution < 1.29 is 102 Å². The number of imide groups is 1. The molecule has 122 heavy (non-hydrogen) atoms. The molecule has 0 aliphatic carbocycles. The van der Waals surface area contributed by atoms with E-state index in [-0.39, 0.29) is 137 Å². The number of carboxylic acid groups (broad SMARTS) is 3. The fourth-order valence-electron chi connectivity index (χ4n) is 13.8. The Kier molecular flexibility index (Phi) is 33.4. The van der Waals surface area contributed by atoms with Crippen molar-refractivity contribution in [1.82, 2.24) is 46.2 Å². The van der Waals surface area contributed by atoms with Crippen molar-refractivity contribution in [3.8, 4) is 0 Å². The maximum atomic E-state index is 13.2. The molecule has 640 valence electrons. The Bertz CT molecular complexity index is 5020. The molecule has 6 aliphatic rings. The van der Waals surface area contributed by atoms with Gasteiger partial charge in [0.2, 0.25) is 41.4 Å². The summed E-state index contributed by atoms with van der Waals surface area (Å²) in [6.45, 7) is 11.8. The molecule has 0 radical (unpaired) electrons. The van der Waals surface area contributed by atoms with E-state index in [9.17, 15) is 92.0 Å². The molecule has 0 spiro atoms. The molecule has 0 aromatic heterocycles. The first-order valence-electron chi connectivity index (χ1n) is 38.8. The Hall–Kier alpha value is -12.7. The molecule has 3 unspecified atom stereocenters. The quantitative estimate of drug-likeness (QED) is 0.0100. The van der Waals surface area contributed by atoms with E-state index in [0.717, 1.165) is 21.6 Å². The van der Waals surface area contributed by atoms with Gasteiger partial charge in [0, 0.05) is 132 Å². The van der Waals surface area contributed by atoms with E-state index < -0.39 is 89.8 Å². The van der Waals surface area contributed by atoms with Crippen molar-refractivity contribution in [2.45, 2.75) is 127 Å². The third kappa shape index (κ3) is 25.7. The molecule has 11 N–H and O–H groups in total. The molecule has 33 nitrogen and oxygen atoms in total. The average Bonchev–Trinajstić information content (AvgIpc) is 1.61. The monoisotopic (exact) mass is 1740 g/mol. The molecule has 6 heterocycles. The van der Waals surface area contributed by atoms with Gasteiger partial charge in [-0.05, 0) is 91.6 Å². The van der Waals surface area contributed by atoms with Crippen LogP contribution >= 0.6 is 43.2 Å². The van der Waals surface area contributed by atoms with Gasteiger partial charge in [-0.1, -0.05) is 172 Å². The van der Waals surface area contributed by atoms with Crippen molar-refractivity contribution in [3.63, 3.8) is 0 Å². The SMILES string of the molecule is C=C1CCC(N2C(=O)c3cccc(NC(=O)CCC(=O)N[C@@H](Cc4ccccc4)C(=O)O)c3C2=O)C(=O)N1.C=C1CCC(N2Cc3c(NC(=O)OCCSSCCC(=O)N(CC(=O)O)Cc4ccccc4)cccc3C2=O)C(=O)N1.C=C1CCC(N2Cc3c(NC(=O)OCCSSCCC(=O)N[C@@H](Cc4ccccc4)C(=O)O)cccc3C2=O)C(=O)N1. The van der Waals surface area contributed by atoms with E-state index >= 15 is 0 Å². The topological polar surface area (TPSA) is 461 Å². The number of amides is 13. The van der Waals surface area contributed by atoms with Crippen LogP contribution in [-0.2, 0) is 89.9 Å². The second-order valence-corrected chi connectivity index (χ2v) is 33.9. The molecule has 0 saturated carbocycles. The summed E-state index contributed by atoms with van der Waals surface area (Å²) >= 11 is 0. The zero-order valence-corrected chi connectivity index (χ0v) is 69.3. The van der Waals surface area contributed by atoms with Crippen LogP contribution in [0.2, 0.25) is 0 Å². The first kappa shape index (κ1) is 91.6. The molecule has 12 rings (SSSR count). The van der Waals surface area contributed by atoms with E-state index in [0.29, 0.717) is 106 Å². The molecule has 6 aromatic rings. The largest absolute Gasteiger partial charge is 0.480 e. The van der Waals surface area contributed by atoms with Crippen LogP contribution in [0.3, 0.4) is 0 Å². The Balaban J connectivity index is 0.000000192. The van der Waals surface area contributed by atoms with Crippen molar-refractivity contribution in [2.24, 2.45) is 0 Å². The Morgan fingerprint density at radius 1 is 0.443 bits per heavy atom. The van der Waals surface area contributed by atoms with Crippen LogP contribution in [0.15, 0.2) is 182 Å². The summed E-state index contributed by atoms with van der Waals surface area (Å²) < 4.78 is 10.6. The Morgan fingerprint density at radius 2 is 0.844 bits per heavy atom. The average molecular weight is 1740 g/mol. The van der Waals surface area contributed by atoms with Gasteiger partial charge >= 0.3 is 30.1 Å². The van der Waals surface area contributed by atoms with E-state index in [4.69, 9.17) is 9.47 Å². The van der Waals surface area contributed by atoms with Gasteiger partial charge in [0.05, 0.1) is 16.8 Å². The van der Waals surface area contributed by atoms with E-state index in [1.54, 1.807) is 66.7 Å². The number of allylic oxidation sites excluding steroid dienone is 3. The highest BCUT2D eigenvalue weighted by Crippen LogP contribution is 2.37. The van der Waals surface area contributed by atoms with Gasteiger partial charge in [0.15, 0.2) is 0 Å². The third-order valence-electron chi connectivity index (χ3n) is 19.8. The fourth-order valence-corrected chi connectivity index (χ4v) is 17.4. The van der Waals surface area contributed by atoms with Gasteiger partial charge < -0.3 is 71.4 Å². The first-order valence-corrected chi connectivity index (χ1v) is 43.7. The van der Waals surface area contributed by atoms with Crippen molar-refractivity contribution in [1.29, 1.82) is 0 Å². The van der Waals surface area contributed by atoms with Crippen molar-refractivity contribution in [3.05, 3.63) is 232 Å². The minimum Gasteiger partial charge on any atom is -0.480 e. The molecule has 0 bridgehead atoms. The summed E-state index contributed by atoms with van der Waals surface area (Å²) in [5.74, 6) is -6.12. The van der Waals surface area contributed by atoms with Crippen LogP contribution in [0, 0.1) is 0 Å². The molecule has 6 aromatic carbocycles. The fraction of sp³-hybridized carbons (Fsp3) is 0.318. The first-order chi connectivity index (χ1) is 58.6. The van der Waals surface area contributed by atoms with Crippen LogP contribution in [0.1, 0.15) is 133 Å². The zero-order chi connectivity index (χ0) is 87.5. The number of piperidine rings is 3. The van der Waals surface area contributed by atoms with Gasteiger partial charge in [0.25, 0.3) is 23.6 Å². The Morgan fingerprint density at radius 3 is 1.29 bits per heavy atom. The van der Waals surface area contributed by atoms with Crippen LogP contribution in [-0.4, -0.2) is 203 Å². The number of nitrogens with one attached hydrogen (secondary N) is 8. The lowest BCUT2D eigenvalue weighted by molar-refractivity contribution is -0.144. The van der Waals surface area contributed by atoms with Crippen molar-refractivity contribution in [2.75, 3.05) is 58.7 Å². The number of nitrogens with zero attached hydrogens (tertiary/aromatic N) is 4. The second-order valence-electron chi connectivity index (χ2n) is 28.5. The highest BCUT2D eigenvalue weighted by atomic mass is 33.1. The van der Waals surface area contributed by atoms with Gasteiger partial charge in [0.1, 0.15) is 50.0 Å². The van der Waals surface area contributed by atoms with Gasteiger partial charge in [-0.25, -0.2) is 19.2 Å². The molecular weight excluding hydrogens is 1650 g/mol. The van der Waals surface area contributed by atoms with E-state index in [1.807, 2.05) is 60.7 Å². The number of anilines is 3. The number of carbonyl (C=O) groups excluding carboxylic acids is 13. The van der Waals surface area contributed by atoms with Crippen molar-refractivity contribution >= 4 is 155 Å².